The SMILES string of the molecule is CN(C)CCCN(C(=O)c1cc(-c2ccccc2)on1)c1nc2c(Cl)cccc2s1.Cl. The number of carbonyl (C=O) groups excluding carboxylic acids is 1. The fourth-order valence-corrected chi connectivity index (χ4v) is 4.39. The molecule has 0 atom stereocenters. The molecule has 2 heterocycles. The van der Waals surface area contributed by atoms with Gasteiger partial charge in [0, 0.05) is 18.2 Å². The van der Waals surface area contributed by atoms with Crippen molar-refractivity contribution in [1.29, 1.82) is 0 Å². The van der Waals surface area contributed by atoms with Crippen LogP contribution in [0.25, 0.3) is 21.5 Å². The number of aromatic nitrogens is 2. The Morgan fingerprint density at radius 3 is 2.58 bits per heavy atom. The maximum Gasteiger partial charge on any atom is 0.282 e. The molecule has 9 heteroatoms. The molecule has 0 saturated heterocycles. The van der Waals surface area contributed by atoms with Crippen LogP contribution in [0.1, 0.15) is 16.9 Å². The van der Waals surface area contributed by atoms with Gasteiger partial charge in [-0.05, 0) is 39.2 Å². The van der Waals surface area contributed by atoms with E-state index in [0.29, 0.717) is 28.0 Å². The lowest BCUT2D eigenvalue weighted by Gasteiger charge is -2.19. The van der Waals surface area contributed by atoms with E-state index in [2.05, 4.69) is 15.0 Å². The molecule has 0 aliphatic carbocycles. The first-order chi connectivity index (χ1) is 14.5. The van der Waals surface area contributed by atoms with E-state index >= 15 is 0 Å². The number of carbonyl (C=O) groups is 1. The van der Waals surface area contributed by atoms with Crippen molar-refractivity contribution in [2.75, 3.05) is 32.1 Å². The van der Waals surface area contributed by atoms with Crippen LogP contribution in [-0.4, -0.2) is 48.1 Å². The summed E-state index contributed by atoms with van der Waals surface area (Å²) in [5.74, 6) is 0.314. The summed E-state index contributed by atoms with van der Waals surface area (Å²) in [6.07, 6.45) is 0.797. The summed E-state index contributed by atoms with van der Waals surface area (Å²) in [4.78, 5) is 21.7. The average molecular weight is 477 g/mol. The van der Waals surface area contributed by atoms with Gasteiger partial charge in [-0.15, -0.1) is 12.4 Å². The van der Waals surface area contributed by atoms with E-state index in [1.54, 1.807) is 17.0 Å². The van der Waals surface area contributed by atoms with Crippen LogP contribution in [0, 0.1) is 0 Å². The molecule has 0 N–H and O–H groups in total. The predicted molar refractivity (Wildman–Crippen MR) is 129 cm³/mol. The number of para-hydroxylation sites is 1. The number of rotatable bonds is 7. The van der Waals surface area contributed by atoms with Gasteiger partial charge in [0.05, 0.1) is 9.72 Å². The number of hydrogen-bond donors (Lipinski definition) is 0. The lowest BCUT2D eigenvalue weighted by molar-refractivity contribution is 0.0977. The highest BCUT2D eigenvalue weighted by atomic mass is 35.5. The Bertz CT molecular complexity index is 1160. The molecular formula is C22H22Cl2N4O2S. The van der Waals surface area contributed by atoms with Crippen molar-refractivity contribution < 1.29 is 9.32 Å². The first kappa shape index (κ1) is 23.2. The van der Waals surface area contributed by atoms with Crippen molar-refractivity contribution >= 4 is 56.6 Å². The third kappa shape index (κ3) is 5.25. The van der Waals surface area contributed by atoms with Gasteiger partial charge in [-0.3, -0.25) is 9.69 Å². The molecule has 4 rings (SSSR count). The molecule has 0 spiro atoms. The molecule has 2 aromatic heterocycles. The minimum atomic E-state index is -0.241. The number of hydrogen-bond acceptors (Lipinski definition) is 6. The zero-order chi connectivity index (χ0) is 21.1. The van der Waals surface area contributed by atoms with Crippen molar-refractivity contribution in [2.24, 2.45) is 0 Å². The minimum Gasteiger partial charge on any atom is -0.355 e. The molecular weight excluding hydrogens is 455 g/mol. The first-order valence-corrected chi connectivity index (χ1v) is 10.8. The number of halogens is 2. The predicted octanol–water partition coefficient (Wildman–Crippen LogP) is 5.63. The van der Waals surface area contributed by atoms with Crippen LogP contribution in [0.4, 0.5) is 5.13 Å². The zero-order valence-corrected chi connectivity index (χ0v) is 19.5. The first-order valence-electron chi connectivity index (χ1n) is 9.57. The molecule has 6 nitrogen and oxygen atoms in total. The van der Waals surface area contributed by atoms with Gasteiger partial charge in [0.15, 0.2) is 16.6 Å². The highest BCUT2D eigenvalue weighted by Gasteiger charge is 2.25. The van der Waals surface area contributed by atoms with Gasteiger partial charge in [0.1, 0.15) is 5.52 Å². The van der Waals surface area contributed by atoms with Crippen molar-refractivity contribution in [2.45, 2.75) is 6.42 Å². The largest absolute Gasteiger partial charge is 0.355 e. The number of amides is 1. The molecule has 0 radical (unpaired) electrons. The Morgan fingerprint density at radius 2 is 1.87 bits per heavy atom. The monoisotopic (exact) mass is 476 g/mol. The van der Waals surface area contributed by atoms with Crippen LogP contribution in [0.3, 0.4) is 0 Å². The van der Waals surface area contributed by atoms with E-state index in [-0.39, 0.29) is 24.0 Å². The second kappa shape index (κ2) is 10.2. The summed E-state index contributed by atoms with van der Waals surface area (Å²) in [6.45, 7) is 1.37. The van der Waals surface area contributed by atoms with Crippen LogP contribution in [0.5, 0.6) is 0 Å². The van der Waals surface area contributed by atoms with Crippen LogP contribution in [0.2, 0.25) is 5.02 Å². The third-order valence-electron chi connectivity index (χ3n) is 4.61. The summed E-state index contributed by atoms with van der Waals surface area (Å²) >= 11 is 7.74. The van der Waals surface area contributed by atoms with Crippen LogP contribution < -0.4 is 4.90 Å². The van der Waals surface area contributed by atoms with Gasteiger partial charge in [-0.2, -0.15) is 0 Å². The fourth-order valence-electron chi connectivity index (χ4n) is 3.10. The number of fused-ring (bicyclic) bond motifs is 1. The molecule has 0 aliphatic rings. The van der Waals surface area contributed by atoms with Crippen molar-refractivity contribution in [3.63, 3.8) is 0 Å². The highest BCUT2D eigenvalue weighted by Crippen LogP contribution is 2.33. The molecule has 0 aliphatic heterocycles. The molecule has 31 heavy (non-hydrogen) atoms. The topological polar surface area (TPSA) is 62.5 Å². The Hall–Kier alpha value is -2.45. The molecule has 162 valence electrons. The van der Waals surface area contributed by atoms with Crippen molar-refractivity contribution in [3.05, 3.63) is 65.3 Å². The number of benzene rings is 2. The highest BCUT2D eigenvalue weighted by molar-refractivity contribution is 7.22. The van der Waals surface area contributed by atoms with Crippen molar-refractivity contribution in [3.8, 4) is 11.3 Å². The van der Waals surface area contributed by atoms with E-state index in [1.807, 2.05) is 56.6 Å². The van der Waals surface area contributed by atoms with Gasteiger partial charge in [0.2, 0.25) is 0 Å². The van der Waals surface area contributed by atoms with Crippen molar-refractivity contribution in [1.82, 2.24) is 15.0 Å². The van der Waals surface area contributed by atoms with Gasteiger partial charge in [0.25, 0.3) is 5.91 Å². The second-order valence-corrected chi connectivity index (χ2v) is 8.56. The average Bonchev–Trinajstić information content (AvgIpc) is 3.39. The molecule has 0 fully saturated rings. The van der Waals surface area contributed by atoms with E-state index < -0.39 is 0 Å². The molecule has 4 aromatic rings. The fraction of sp³-hybridized carbons (Fsp3) is 0.227. The van der Waals surface area contributed by atoms with Crippen LogP contribution in [-0.2, 0) is 0 Å². The quantitative estimate of drug-likeness (QED) is 0.346. The second-order valence-electron chi connectivity index (χ2n) is 7.14. The molecule has 0 saturated carbocycles. The number of nitrogens with zero attached hydrogens (tertiary/aromatic N) is 4. The summed E-state index contributed by atoms with van der Waals surface area (Å²) in [5, 5.41) is 5.20. The minimum absolute atomic E-state index is 0. The Labute approximate surface area is 195 Å². The summed E-state index contributed by atoms with van der Waals surface area (Å²) in [7, 11) is 4.01. The normalized spacial score (nSPS) is 11.0. The van der Waals surface area contributed by atoms with E-state index in [1.165, 1.54) is 11.3 Å². The van der Waals surface area contributed by atoms with E-state index in [0.717, 1.165) is 23.2 Å². The van der Waals surface area contributed by atoms with Gasteiger partial charge >= 0.3 is 0 Å². The Balaban J connectivity index is 0.00000272. The van der Waals surface area contributed by atoms with E-state index in [9.17, 15) is 4.79 Å². The van der Waals surface area contributed by atoms with Crippen LogP contribution in [0.15, 0.2) is 59.1 Å². The Kier molecular flexibility index (Phi) is 7.67. The third-order valence-corrected chi connectivity index (χ3v) is 5.96. The lowest BCUT2D eigenvalue weighted by Crippen LogP contribution is -2.33. The summed E-state index contributed by atoms with van der Waals surface area (Å²) in [5.41, 5.74) is 1.83. The van der Waals surface area contributed by atoms with E-state index in [4.69, 9.17) is 16.1 Å². The summed E-state index contributed by atoms with van der Waals surface area (Å²) < 4.78 is 6.37. The Morgan fingerprint density at radius 1 is 1.10 bits per heavy atom. The van der Waals surface area contributed by atoms with Gasteiger partial charge < -0.3 is 9.42 Å². The standard InChI is InChI=1S/C22H21ClN4O2S.ClH/c1-26(2)12-7-13-27(22-24-20-16(23)10-6-11-19(20)30-22)21(28)17-14-18(29-25-17)15-8-4-3-5-9-15;/h3-6,8-11,14H,7,12-13H2,1-2H3;1H. The molecule has 0 bridgehead atoms. The molecule has 2 aromatic carbocycles. The smallest absolute Gasteiger partial charge is 0.282 e. The summed E-state index contributed by atoms with van der Waals surface area (Å²) in [6, 6.07) is 16.9. The number of anilines is 1. The molecule has 0 unspecified atom stereocenters. The maximum atomic E-state index is 13.4. The van der Waals surface area contributed by atoms with Gasteiger partial charge in [-0.1, -0.05) is 64.5 Å². The number of thiazole rings is 1. The maximum absolute atomic E-state index is 13.4. The zero-order valence-electron chi connectivity index (χ0n) is 17.1. The lowest BCUT2D eigenvalue weighted by atomic mass is 10.1. The van der Waals surface area contributed by atoms with Gasteiger partial charge in [-0.25, -0.2) is 4.98 Å². The van der Waals surface area contributed by atoms with Crippen LogP contribution >= 0.6 is 35.3 Å². The molecule has 1 amide bonds.